The highest BCUT2D eigenvalue weighted by Crippen LogP contribution is 2.17. The molecular weight excluding hydrogens is 239 g/mol. The van der Waals surface area contributed by atoms with Crippen LogP contribution in [0.1, 0.15) is 6.42 Å². The Bertz CT molecular complexity index is 399. The van der Waals surface area contributed by atoms with Crippen LogP contribution in [0.4, 0.5) is 10.1 Å². The van der Waals surface area contributed by atoms with E-state index in [9.17, 15) is 9.18 Å². The fourth-order valence-electron chi connectivity index (χ4n) is 1.24. The van der Waals surface area contributed by atoms with Gasteiger partial charge in [0.15, 0.2) is 6.61 Å². The monoisotopic (exact) mass is 256 g/mol. The van der Waals surface area contributed by atoms with Crippen LogP contribution in [0.3, 0.4) is 0 Å². The summed E-state index contributed by atoms with van der Waals surface area (Å²) in [6.45, 7) is 0.951. The number of nitrogens with one attached hydrogen (secondary N) is 1. The summed E-state index contributed by atoms with van der Waals surface area (Å²) in [5.41, 5.74) is 5.36. The first-order chi connectivity index (χ1) is 8.63. The van der Waals surface area contributed by atoms with E-state index in [1.807, 2.05) is 0 Å². The quantitative estimate of drug-likeness (QED) is 0.562. The number of anilines is 1. The van der Waals surface area contributed by atoms with E-state index in [0.29, 0.717) is 13.2 Å². The average molecular weight is 256 g/mol. The van der Waals surface area contributed by atoms with Crippen LogP contribution in [-0.4, -0.2) is 32.8 Å². The molecule has 18 heavy (non-hydrogen) atoms. The lowest BCUT2D eigenvalue weighted by molar-refractivity contribution is -0.123. The normalized spacial score (nSPS) is 10.1. The standard InChI is InChI=1S/C12H17FN2O3/c1-17-6-2-5-15-12(16)8-18-9-3-4-11(14)10(13)7-9/h3-4,7H,2,5-6,8,14H2,1H3,(H,15,16). The highest BCUT2D eigenvalue weighted by molar-refractivity contribution is 5.77. The Balaban J connectivity index is 2.27. The maximum Gasteiger partial charge on any atom is 0.257 e. The number of benzene rings is 1. The van der Waals surface area contributed by atoms with Gasteiger partial charge in [-0.2, -0.15) is 0 Å². The number of hydrogen-bond donors (Lipinski definition) is 2. The molecular formula is C12H17FN2O3. The molecule has 100 valence electrons. The van der Waals surface area contributed by atoms with E-state index in [2.05, 4.69) is 5.32 Å². The molecule has 0 bridgehead atoms. The number of rotatable bonds is 7. The molecule has 0 saturated heterocycles. The van der Waals surface area contributed by atoms with Gasteiger partial charge in [0.1, 0.15) is 11.6 Å². The van der Waals surface area contributed by atoms with Gasteiger partial charge in [-0.15, -0.1) is 0 Å². The van der Waals surface area contributed by atoms with Crippen molar-refractivity contribution in [2.45, 2.75) is 6.42 Å². The summed E-state index contributed by atoms with van der Waals surface area (Å²) < 4.78 is 23.0. The molecule has 0 aliphatic heterocycles. The molecule has 1 rings (SSSR count). The molecule has 0 radical (unpaired) electrons. The second kappa shape index (κ2) is 7.50. The second-order valence-electron chi connectivity index (χ2n) is 3.67. The smallest absolute Gasteiger partial charge is 0.257 e. The van der Waals surface area contributed by atoms with Crippen molar-refractivity contribution in [3.8, 4) is 5.75 Å². The summed E-state index contributed by atoms with van der Waals surface area (Å²) in [4.78, 5) is 11.3. The Hall–Kier alpha value is -1.82. The molecule has 1 aromatic carbocycles. The molecule has 0 spiro atoms. The van der Waals surface area contributed by atoms with Crippen molar-refractivity contribution in [2.24, 2.45) is 0 Å². The van der Waals surface area contributed by atoms with Crippen LogP contribution in [0.5, 0.6) is 5.75 Å². The molecule has 0 saturated carbocycles. The summed E-state index contributed by atoms with van der Waals surface area (Å²) in [5.74, 6) is -0.551. The number of amides is 1. The van der Waals surface area contributed by atoms with E-state index >= 15 is 0 Å². The third kappa shape index (κ3) is 5.01. The number of nitrogen functional groups attached to an aromatic ring is 1. The zero-order chi connectivity index (χ0) is 13.4. The molecule has 0 atom stereocenters. The molecule has 3 N–H and O–H groups in total. The zero-order valence-corrected chi connectivity index (χ0v) is 10.2. The number of carbonyl (C=O) groups is 1. The SMILES string of the molecule is COCCCNC(=O)COc1ccc(N)c(F)c1. The van der Waals surface area contributed by atoms with Crippen molar-refractivity contribution in [1.29, 1.82) is 0 Å². The number of carbonyl (C=O) groups excluding carboxylic acids is 1. The first-order valence-electron chi connectivity index (χ1n) is 5.57. The lowest BCUT2D eigenvalue weighted by Gasteiger charge is -2.07. The van der Waals surface area contributed by atoms with Gasteiger partial charge in [-0.1, -0.05) is 0 Å². The van der Waals surface area contributed by atoms with Crippen molar-refractivity contribution in [2.75, 3.05) is 32.6 Å². The summed E-state index contributed by atoms with van der Waals surface area (Å²) in [7, 11) is 1.60. The maximum atomic E-state index is 13.1. The molecule has 0 fully saturated rings. The molecule has 5 nitrogen and oxygen atoms in total. The minimum Gasteiger partial charge on any atom is -0.484 e. The topological polar surface area (TPSA) is 73.6 Å². The second-order valence-corrected chi connectivity index (χ2v) is 3.67. The minimum absolute atomic E-state index is 0.0476. The molecule has 0 aliphatic rings. The number of hydrogen-bond acceptors (Lipinski definition) is 4. The van der Waals surface area contributed by atoms with Crippen LogP contribution >= 0.6 is 0 Å². The van der Waals surface area contributed by atoms with Crippen LogP contribution in [-0.2, 0) is 9.53 Å². The molecule has 6 heteroatoms. The van der Waals surface area contributed by atoms with Crippen molar-refractivity contribution >= 4 is 11.6 Å². The van der Waals surface area contributed by atoms with Gasteiger partial charge in [-0.3, -0.25) is 4.79 Å². The maximum absolute atomic E-state index is 13.1. The van der Waals surface area contributed by atoms with Gasteiger partial charge in [-0.05, 0) is 18.6 Å². The number of halogens is 1. The molecule has 0 aromatic heterocycles. The van der Waals surface area contributed by atoms with Crippen LogP contribution < -0.4 is 15.8 Å². The Morgan fingerprint density at radius 3 is 2.94 bits per heavy atom. The van der Waals surface area contributed by atoms with Crippen LogP contribution in [0, 0.1) is 5.82 Å². The number of ether oxygens (including phenoxy) is 2. The van der Waals surface area contributed by atoms with E-state index in [1.54, 1.807) is 7.11 Å². The van der Waals surface area contributed by atoms with Gasteiger partial charge in [-0.25, -0.2) is 4.39 Å². The van der Waals surface area contributed by atoms with E-state index in [4.69, 9.17) is 15.2 Å². The van der Waals surface area contributed by atoms with E-state index in [0.717, 1.165) is 12.5 Å². The molecule has 0 heterocycles. The summed E-state index contributed by atoms with van der Waals surface area (Å²) in [5, 5.41) is 2.65. The van der Waals surface area contributed by atoms with Crippen molar-refractivity contribution in [1.82, 2.24) is 5.32 Å². The largest absolute Gasteiger partial charge is 0.484 e. The molecule has 0 aliphatic carbocycles. The molecule has 1 aromatic rings. The predicted octanol–water partition coefficient (Wildman–Crippen LogP) is 0.939. The zero-order valence-electron chi connectivity index (χ0n) is 10.2. The Morgan fingerprint density at radius 1 is 1.50 bits per heavy atom. The van der Waals surface area contributed by atoms with Gasteiger partial charge in [0, 0.05) is 26.3 Å². The summed E-state index contributed by atoms with van der Waals surface area (Å²) in [6, 6.07) is 4.05. The third-order valence-electron chi connectivity index (χ3n) is 2.19. The fourth-order valence-corrected chi connectivity index (χ4v) is 1.24. The minimum atomic E-state index is -0.562. The fraction of sp³-hybridized carbons (Fsp3) is 0.417. The summed E-state index contributed by atoms with van der Waals surface area (Å²) >= 11 is 0. The first kappa shape index (κ1) is 14.2. The highest BCUT2D eigenvalue weighted by Gasteiger charge is 2.04. The van der Waals surface area contributed by atoms with Gasteiger partial charge in [0.05, 0.1) is 5.69 Å². The molecule has 1 amide bonds. The number of nitrogens with two attached hydrogens (primary N) is 1. The van der Waals surface area contributed by atoms with E-state index < -0.39 is 5.82 Å². The number of methoxy groups -OCH3 is 1. The molecule has 0 unspecified atom stereocenters. The van der Waals surface area contributed by atoms with Crippen molar-refractivity contribution < 1.29 is 18.7 Å². The van der Waals surface area contributed by atoms with Crippen molar-refractivity contribution in [3.05, 3.63) is 24.0 Å². The van der Waals surface area contributed by atoms with Gasteiger partial charge >= 0.3 is 0 Å². The van der Waals surface area contributed by atoms with E-state index in [-0.39, 0.29) is 24.0 Å². The highest BCUT2D eigenvalue weighted by atomic mass is 19.1. The lowest BCUT2D eigenvalue weighted by Crippen LogP contribution is -2.30. The average Bonchev–Trinajstić information content (AvgIpc) is 2.36. The Labute approximate surface area is 105 Å². The van der Waals surface area contributed by atoms with Crippen LogP contribution in [0.25, 0.3) is 0 Å². The lowest BCUT2D eigenvalue weighted by atomic mass is 10.3. The van der Waals surface area contributed by atoms with Crippen LogP contribution in [0.15, 0.2) is 18.2 Å². The van der Waals surface area contributed by atoms with E-state index in [1.165, 1.54) is 12.1 Å². The Kier molecular flexibility index (Phi) is 5.93. The third-order valence-corrected chi connectivity index (χ3v) is 2.19. The van der Waals surface area contributed by atoms with Crippen LogP contribution in [0.2, 0.25) is 0 Å². The van der Waals surface area contributed by atoms with Gasteiger partial charge in [0.2, 0.25) is 0 Å². The Morgan fingerprint density at radius 2 is 2.28 bits per heavy atom. The van der Waals surface area contributed by atoms with Gasteiger partial charge in [0.25, 0.3) is 5.91 Å². The first-order valence-corrected chi connectivity index (χ1v) is 5.57. The summed E-state index contributed by atoms with van der Waals surface area (Å²) in [6.07, 6.45) is 0.735. The van der Waals surface area contributed by atoms with Crippen molar-refractivity contribution in [3.63, 3.8) is 0 Å². The van der Waals surface area contributed by atoms with Gasteiger partial charge < -0.3 is 20.5 Å². The predicted molar refractivity (Wildman–Crippen MR) is 65.8 cm³/mol.